The standard InChI is InChI=1S/C12H15N5O/c1-8-4-5-13-10(6-8)14-12(18)15-11-7-9(2)17(3)16-11/h4-7H,1-3H3,(H2,13,14,15,16,18). The molecule has 6 heteroatoms. The van der Waals surface area contributed by atoms with Crippen LogP contribution in [0.4, 0.5) is 16.4 Å². The van der Waals surface area contributed by atoms with Crippen LogP contribution in [0.15, 0.2) is 24.4 Å². The van der Waals surface area contributed by atoms with Gasteiger partial charge in [-0.05, 0) is 31.5 Å². The minimum atomic E-state index is -0.355. The summed E-state index contributed by atoms with van der Waals surface area (Å²) >= 11 is 0. The van der Waals surface area contributed by atoms with E-state index >= 15 is 0 Å². The maximum absolute atomic E-state index is 11.7. The van der Waals surface area contributed by atoms with Crippen molar-refractivity contribution >= 4 is 17.7 Å². The summed E-state index contributed by atoms with van der Waals surface area (Å²) in [4.78, 5) is 15.7. The molecule has 0 saturated carbocycles. The maximum atomic E-state index is 11.7. The summed E-state index contributed by atoms with van der Waals surface area (Å²) < 4.78 is 1.69. The van der Waals surface area contributed by atoms with Crippen LogP contribution < -0.4 is 10.6 Å². The van der Waals surface area contributed by atoms with E-state index in [1.807, 2.05) is 27.0 Å². The highest BCUT2D eigenvalue weighted by atomic mass is 16.2. The van der Waals surface area contributed by atoms with Gasteiger partial charge >= 0.3 is 6.03 Å². The molecule has 2 aromatic rings. The number of aromatic nitrogens is 3. The van der Waals surface area contributed by atoms with E-state index in [-0.39, 0.29) is 6.03 Å². The van der Waals surface area contributed by atoms with E-state index in [0.717, 1.165) is 11.3 Å². The van der Waals surface area contributed by atoms with Gasteiger partial charge in [0.2, 0.25) is 0 Å². The zero-order valence-corrected chi connectivity index (χ0v) is 10.6. The lowest BCUT2D eigenvalue weighted by atomic mass is 10.3. The summed E-state index contributed by atoms with van der Waals surface area (Å²) in [6, 6.07) is 5.10. The van der Waals surface area contributed by atoms with Gasteiger partial charge in [0, 0.05) is 25.0 Å². The van der Waals surface area contributed by atoms with Gasteiger partial charge in [-0.25, -0.2) is 9.78 Å². The maximum Gasteiger partial charge on any atom is 0.326 e. The smallest absolute Gasteiger partial charge is 0.292 e. The van der Waals surface area contributed by atoms with Crippen LogP contribution in [-0.4, -0.2) is 20.8 Å². The number of nitrogens with one attached hydrogen (secondary N) is 2. The van der Waals surface area contributed by atoms with Crippen LogP contribution in [-0.2, 0) is 7.05 Å². The highest BCUT2D eigenvalue weighted by molar-refractivity contribution is 5.98. The highest BCUT2D eigenvalue weighted by Gasteiger charge is 2.06. The summed E-state index contributed by atoms with van der Waals surface area (Å²) in [5.41, 5.74) is 2.01. The Kier molecular flexibility index (Phi) is 3.27. The third-order valence-electron chi connectivity index (χ3n) is 2.51. The molecule has 2 rings (SSSR count). The van der Waals surface area contributed by atoms with Crippen molar-refractivity contribution in [2.24, 2.45) is 7.05 Å². The first-order chi connectivity index (χ1) is 8.54. The van der Waals surface area contributed by atoms with E-state index in [9.17, 15) is 4.79 Å². The van der Waals surface area contributed by atoms with Crippen LogP contribution in [0.2, 0.25) is 0 Å². The molecule has 94 valence electrons. The number of amides is 2. The molecule has 0 unspecified atom stereocenters. The molecule has 2 aromatic heterocycles. The van der Waals surface area contributed by atoms with Gasteiger partial charge < -0.3 is 0 Å². The lowest BCUT2D eigenvalue weighted by Crippen LogP contribution is -2.20. The number of urea groups is 1. The predicted octanol–water partition coefficient (Wildman–Crippen LogP) is 2.08. The van der Waals surface area contributed by atoms with Crippen LogP contribution in [0.1, 0.15) is 11.3 Å². The minimum absolute atomic E-state index is 0.355. The first-order valence-corrected chi connectivity index (χ1v) is 5.56. The van der Waals surface area contributed by atoms with E-state index in [4.69, 9.17) is 0 Å². The van der Waals surface area contributed by atoms with Crippen molar-refractivity contribution in [3.8, 4) is 0 Å². The molecular weight excluding hydrogens is 230 g/mol. The number of hydrogen-bond acceptors (Lipinski definition) is 3. The fraction of sp³-hybridized carbons (Fsp3) is 0.250. The Morgan fingerprint density at radius 1 is 1.22 bits per heavy atom. The van der Waals surface area contributed by atoms with Gasteiger partial charge in [0.25, 0.3) is 0 Å². The topological polar surface area (TPSA) is 71.8 Å². The molecule has 0 aliphatic heterocycles. The molecule has 0 aromatic carbocycles. The van der Waals surface area contributed by atoms with Crippen LogP contribution in [0, 0.1) is 13.8 Å². The Bertz CT molecular complexity index is 556. The SMILES string of the molecule is Cc1ccnc(NC(=O)Nc2cc(C)n(C)n2)c1. The molecule has 6 nitrogen and oxygen atoms in total. The fourth-order valence-electron chi connectivity index (χ4n) is 1.49. The Morgan fingerprint density at radius 3 is 2.56 bits per heavy atom. The minimum Gasteiger partial charge on any atom is -0.292 e. The lowest BCUT2D eigenvalue weighted by Gasteiger charge is -2.04. The molecule has 2 N–H and O–H groups in total. The van der Waals surface area contributed by atoms with Crippen molar-refractivity contribution in [2.45, 2.75) is 13.8 Å². The van der Waals surface area contributed by atoms with E-state index < -0.39 is 0 Å². The van der Waals surface area contributed by atoms with Crippen LogP contribution >= 0.6 is 0 Å². The third kappa shape index (κ3) is 2.85. The number of nitrogens with zero attached hydrogens (tertiary/aromatic N) is 3. The van der Waals surface area contributed by atoms with Crippen LogP contribution in [0.25, 0.3) is 0 Å². The van der Waals surface area contributed by atoms with Gasteiger partial charge in [-0.3, -0.25) is 15.3 Å². The number of carbonyl (C=O) groups is 1. The second-order valence-corrected chi connectivity index (χ2v) is 4.09. The monoisotopic (exact) mass is 245 g/mol. The number of aryl methyl sites for hydroxylation is 3. The van der Waals surface area contributed by atoms with Crippen molar-refractivity contribution < 1.29 is 4.79 Å². The van der Waals surface area contributed by atoms with Gasteiger partial charge in [0.15, 0.2) is 5.82 Å². The van der Waals surface area contributed by atoms with E-state index in [1.54, 1.807) is 23.0 Å². The molecule has 0 fully saturated rings. The molecule has 2 heterocycles. The molecule has 0 saturated heterocycles. The zero-order chi connectivity index (χ0) is 13.1. The van der Waals surface area contributed by atoms with E-state index in [1.165, 1.54) is 0 Å². The first-order valence-electron chi connectivity index (χ1n) is 5.56. The normalized spacial score (nSPS) is 10.2. The summed E-state index contributed by atoms with van der Waals surface area (Å²) in [5.74, 6) is 1.03. The summed E-state index contributed by atoms with van der Waals surface area (Å²) in [5, 5.41) is 9.43. The molecule has 0 aliphatic rings. The van der Waals surface area contributed by atoms with E-state index in [2.05, 4.69) is 20.7 Å². The highest BCUT2D eigenvalue weighted by Crippen LogP contribution is 2.09. The lowest BCUT2D eigenvalue weighted by molar-refractivity contribution is 0.262. The quantitative estimate of drug-likeness (QED) is 0.850. The predicted molar refractivity (Wildman–Crippen MR) is 69.6 cm³/mol. The van der Waals surface area contributed by atoms with Gasteiger partial charge in [0.05, 0.1) is 0 Å². The fourth-order valence-corrected chi connectivity index (χ4v) is 1.49. The van der Waals surface area contributed by atoms with Gasteiger partial charge in [0.1, 0.15) is 5.82 Å². The average molecular weight is 245 g/mol. The number of pyridine rings is 1. The summed E-state index contributed by atoms with van der Waals surface area (Å²) in [6.07, 6.45) is 1.65. The Labute approximate surface area is 105 Å². The summed E-state index contributed by atoms with van der Waals surface area (Å²) in [7, 11) is 1.82. The van der Waals surface area contributed by atoms with Gasteiger partial charge in [-0.15, -0.1) is 0 Å². The molecule has 0 bridgehead atoms. The molecule has 0 aliphatic carbocycles. The Balaban J connectivity index is 2.01. The number of carbonyl (C=O) groups excluding carboxylic acids is 1. The van der Waals surface area contributed by atoms with Crippen molar-refractivity contribution in [3.05, 3.63) is 35.7 Å². The van der Waals surface area contributed by atoms with E-state index in [0.29, 0.717) is 11.6 Å². The van der Waals surface area contributed by atoms with Crippen LogP contribution in [0.5, 0.6) is 0 Å². The number of hydrogen-bond donors (Lipinski definition) is 2. The summed E-state index contributed by atoms with van der Waals surface area (Å²) in [6.45, 7) is 3.85. The number of rotatable bonds is 2. The molecule has 18 heavy (non-hydrogen) atoms. The molecule has 0 spiro atoms. The second-order valence-electron chi connectivity index (χ2n) is 4.09. The Hall–Kier alpha value is -2.37. The Morgan fingerprint density at radius 2 is 1.94 bits per heavy atom. The van der Waals surface area contributed by atoms with Gasteiger partial charge in [-0.1, -0.05) is 0 Å². The molecular formula is C12H15N5O. The second kappa shape index (κ2) is 4.87. The van der Waals surface area contributed by atoms with Crippen molar-refractivity contribution in [1.82, 2.24) is 14.8 Å². The molecule has 0 radical (unpaired) electrons. The number of anilines is 2. The average Bonchev–Trinajstić information content (AvgIpc) is 2.57. The van der Waals surface area contributed by atoms with Crippen molar-refractivity contribution in [3.63, 3.8) is 0 Å². The van der Waals surface area contributed by atoms with Crippen molar-refractivity contribution in [2.75, 3.05) is 10.6 Å². The molecule has 2 amide bonds. The van der Waals surface area contributed by atoms with Gasteiger partial charge in [-0.2, -0.15) is 5.10 Å². The largest absolute Gasteiger partial charge is 0.326 e. The van der Waals surface area contributed by atoms with Crippen LogP contribution in [0.3, 0.4) is 0 Å². The first kappa shape index (κ1) is 12.1. The third-order valence-corrected chi connectivity index (χ3v) is 2.51. The molecule has 0 atom stereocenters. The van der Waals surface area contributed by atoms with Crippen molar-refractivity contribution in [1.29, 1.82) is 0 Å². The zero-order valence-electron chi connectivity index (χ0n) is 10.6.